The van der Waals surface area contributed by atoms with E-state index in [0.29, 0.717) is 5.69 Å². The molecule has 0 saturated heterocycles. The number of aryl methyl sites for hydroxylation is 3. The summed E-state index contributed by atoms with van der Waals surface area (Å²) in [6.45, 7) is 6.44. The topological polar surface area (TPSA) is 114 Å². The van der Waals surface area contributed by atoms with Gasteiger partial charge in [-0.2, -0.15) is 4.72 Å². The molecular weight excluding hydrogens is 368 g/mol. The minimum atomic E-state index is -3.94. The first-order valence-electron chi connectivity index (χ1n) is 8.31. The van der Waals surface area contributed by atoms with Gasteiger partial charge in [0.25, 0.3) is 0 Å². The van der Waals surface area contributed by atoms with E-state index in [1.165, 1.54) is 20.8 Å². The minimum absolute atomic E-state index is 0.0489. The van der Waals surface area contributed by atoms with Gasteiger partial charge < -0.3 is 9.84 Å². The van der Waals surface area contributed by atoms with E-state index >= 15 is 0 Å². The first kappa shape index (κ1) is 19.0. The fourth-order valence-corrected chi connectivity index (χ4v) is 4.40. The number of nitrogens with zero attached hydrogens (tertiary/aromatic N) is 2. The highest BCUT2D eigenvalue weighted by atomic mass is 32.2. The van der Waals surface area contributed by atoms with Crippen molar-refractivity contribution in [3.63, 3.8) is 0 Å². The van der Waals surface area contributed by atoms with Crippen molar-refractivity contribution in [1.29, 1.82) is 0 Å². The van der Waals surface area contributed by atoms with E-state index in [9.17, 15) is 13.2 Å². The second kappa shape index (κ2) is 7.09. The van der Waals surface area contributed by atoms with Crippen molar-refractivity contribution in [2.45, 2.75) is 38.6 Å². The van der Waals surface area contributed by atoms with Crippen molar-refractivity contribution < 1.29 is 17.7 Å². The largest absolute Gasteiger partial charge is 0.360 e. The fraction of sp³-hybridized carbons (Fsp3) is 0.278. The summed E-state index contributed by atoms with van der Waals surface area (Å²) in [5.74, 6) is -0.317. The fourth-order valence-electron chi connectivity index (χ4n) is 2.87. The highest BCUT2D eigenvalue weighted by molar-refractivity contribution is 7.89. The normalized spacial score (nSPS) is 12.9. The van der Waals surface area contributed by atoms with E-state index in [1.807, 2.05) is 19.1 Å². The number of carbonyl (C=O) groups is 1. The molecule has 2 heterocycles. The van der Waals surface area contributed by atoms with E-state index < -0.39 is 22.0 Å². The second-order valence-electron chi connectivity index (χ2n) is 6.32. The Bertz CT molecular complexity index is 1100. The first-order valence-corrected chi connectivity index (χ1v) is 9.79. The quantitative estimate of drug-likeness (QED) is 0.694. The number of fused-ring (bicyclic) bond motifs is 1. The molecule has 0 fully saturated rings. The van der Waals surface area contributed by atoms with Gasteiger partial charge in [0.1, 0.15) is 10.6 Å². The third-order valence-electron chi connectivity index (χ3n) is 4.19. The molecule has 1 aromatic carbocycles. The molecule has 0 saturated carbocycles. The SMILES string of the molecule is Cc1noc(C)c1S(=O)(=O)N[C@@H](C)C(=O)Nc1ccc(C)c2ncccc12. The van der Waals surface area contributed by atoms with Crippen LogP contribution in [0.2, 0.25) is 0 Å². The first-order chi connectivity index (χ1) is 12.7. The van der Waals surface area contributed by atoms with Crippen LogP contribution in [-0.2, 0) is 14.8 Å². The Kier molecular flexibility index (Phi) is 4.99. The van der Waals surface area contributed by atoms with Crippen molar-refractivity contribution >= 4 is 32.5 Å². The molecule has 8 nitrogen and oxygen atoms in total. The van der Waals surface area contributed by atoms with Gasteiger partial charge >= 0.3 is 0 Å². The number of rotatable bonds is 5. The third-order valence-corrected chi connectivity index (χ3v) is 5.98. The molecule has 3 rings (SSSR count). The molecule has 27 heavy (non-hydrogen) atoms. The third kappa shape index (κ3) is 3.69. The van der Waals surface area contributed by atoms with Gasteiger partial charge in [-0.1, -0.05) is 11.2 Å². The molecule has 2 aromatic heterocycles. The van der Waals surface area contributed by atoms with Crippen molar-refractivity contribution in [1.82, 2.24) is 14.9 Å². The number of carbonyl (C=O) groups excluding carboxylic acids is 1. The van der Waals surface area contributed by atoms with Crippen molar-refractivity contribution in [2.75, 3.05) is 5.32 Å². The lowest BCUT2D eigenvalue weighted by molar-refractivity contribution is -0.117. The maximum absolute atomic E-state index is 12.6. The molecule has 3 aromatic rings. The zero-order valence-corrected chi connectivity index (χ0v) is 16.2. The summed E-state index contributed by atoms with van der Waals surface area (Å²) in [7, 11) is -3.94. The molecule has 9 heteroatoms. The number of aromatic nitrogens is 2. The van der Waals surface area contributed by atoms with Gasteiger partial charge in [0.15, 0.2) is 5.76 Å². The van der Waals surface area contributed by atoms with Crippen LogP contribution in [0.5, 0.6) is 0 Å². The molecule has 2 N–H and O–H groups in total. The number of pyridine rings is 1. The van der Waals surface area contributed by atoms with Crippen LogP contribution >= 0.6 is 0 Å². The smallest absolute Gasteiger partial charge is 0.246 e. The number of anilines is 1. The van der Waals surface area contributed by atoms with Crippen LogP contribution in [0.4, 0.5) is 5.69 Å². The van der Waals surface area contributed by atoms with Crippen LogP contribution in [0.25, 0.3) is 10.9 Å². The number of hydrogen-bond donors (Lipinski definition) is 2. The van der Waals surface area contributed by atoms with Crippen LogP contribution < -0.4 is 10.0 Å². The van der Waals surface area contributed by atoms with Crippen LogP contribution in [0.15, 0.2) is 39.9 Å². The summed E-state index contributed by atoms with van der Waals surface area (Å²) in [4.78, 5) is 16.8. The Morgan fingerprint density at radius 2 is 1.93 bits per heavy atom. The van der Waals surface area contributed by atoms with Gasteiger partial charge in [-0.3, -0.25) is 9.78 Å². The van der Waals surface area contributed by atoms with Gasteiger partial charge in [0.2, 0.25) is 15.9 Å². The highest BCUT2D eigenvalue weighted by Crippen LogP contribution is 2.25. The Hall–Kier alpha value is -2.78. The van der Waals surface area contributed by atoms with E-state index in [2.05, 4.69) is 20.2 Å². The van der Waals surface area contributed by atoms with Gasteiger partial charge in [-0.15, -0.1) is 0 Å². The molecule has 1 atom stereocenters. The Labute approximate surface area is 157 Å². The molecule has 0 radical (unpaired) electrons. The lowest BCUT2D eigenvalue weighted by Gasteiger charge is -2.15. The predicted octanol–water partition coefficient (Wildman–Crippen LogP) is 2.45. The Balaban J connectivity index is 1.82. The lowest BCUT2D eigenvalue weighted by atomic mass is 10.1. The standard InChI is InChI=1S/C18H20N4O4S/c1-10-7-8-15(14-6-5-9-19-16(10)14)20-18(23)12(3)22-27(24,25)17-11(2)21-26-13(17)4/h5-9,12,22H,1-4H3,(H,20,23)/t12-/m0/s1. The molecule has 0 spiro atoms. The van der Waals surface area contributed by atoms with Crippen molar-refractivity contribution in [3.05, 3.63) is 47.5 Å². The molecule has 0 aliphatic rings. The van der Waals surface area contributed by atoms with Crippen molar-refractivity contribution in [2.24, 2.45) is 0 Å². The molecule has 142 valence electrons. The van der Waals surface area contributed by atoms with Gasteiger partial charge in [-0.05, 0) is 51.5 Å². The van der Waals surface area contributed by atoms with Crippen LogP contribution in [0.3, 0.4) is 0 Å². The molecular formula is C18H20N4O4S. The predicted molar refractivity (Wildman–Crippen MR) is 101 cm³/mol. The maximum atomic E-state index is 12.6. The number of hydrogen-bond acceptors (Lipinski definition) is 6. The summed E-state index contributed by atoms with van der Waals surface area (Å²) in [5, 5.41) is 7.19. The highest BCUT2D eigenvalue weighted by Gasteiger charge is 2.28. The molecule has 0 bridgehead atoms. The number of benzene rings is 1. The van der Waals surface area contributed by atoms with Crippen LogP contribution in [0.1, 0.15) is 23.9 Å². The number of amides is 1. The van der Waals surface area contributed by atoms with E-state index in [-0.39, 0.29) is 16.3 Å². The summed E-state index contributed by atoms with van der Waals surface area (Å²) >= 11 is 0. The minimum Gasteiger partial charge on any atom is -0.360 e. The van der Waals surface area contributed by atoms with Crippen LogP contribution in [0, 0.1) is 20.8 Å². The Morgan fingerprint density at radius 1 is 1.19 bits per heavy atom. The summed E-state index contributed by atoms with van der Waals surface area (Å²) < 4.78 is 32.4. The molecule has 1 amide bonds. The Morgan fingerprint density at radius 3 is 2.59 bits per heavy atom. The summed E-state index contributed by atoms with van der Waals surface area (Å²) in [6, 6.07) is 6.25. The van der Waals surface area contributed by atoms with Gasteiger partial charge in [0, 0.05) is 11.6 Å². The molecule has 0 aliphatic carbocycles. The summed E-state index contributed by atoms with van der Waals surface area (Å²) in [6.07, 6.45) is 1.68. The maximum Gasteiger partial charge on any atom is 0.246 e. The lowest BCUT2D eigenvalue weighted by Crippen LogP contribution is -2.41. The summed E-state index contributed by atoms with van der Waals surface area (Å²) in [5.41, 5.74) is 2.57. The number of sulfonamides is 1. The molecule has 0 aliphatic heterocycles. The van der Waals surface area contributed by atoms with Crippen LogP contribution in [-0.4, -0.2) is 30.5 Å². The average Bonchev–Trinajstić information content (AvgIpc) is 2.96. The van der Waals surface area contributed by atoms with Gasteiger partial charge in [0.05, 0.1) is 17.2 Å². The van der Waals surface area contributed by atoms with Crippen molar-refractivity contribution in [3.8, 4) is 0 Å². The van der Waals surface area contributed by atoms with Gasteiger partial charge in [-0.25, -0.2) is 8.42 Å². The monoisotopic (exact) mass is 388 g/mol. The van der Waals surface area contributed by atoms with E-state index in [1.54, 1.807) is 18.3 Å². The number of nitrogens with one attached hydrogen (secondary N) is 2. The average molecular weight is 388 g/mol. The zero-order chi connectivity index (χ0) is 19.8. The zero-order valence-electron chi connectivity index (χ0n) is 15.4. The molecule has 0 unspecified atom stereocenters. The second-order valence-corrected chi connectivity index (χ2v) is 7.97. The van der Waals surface area contributed by atoms with E-state index in [0.717, 1.165) is 16.5 Å². The van der Waals surface area contributed by atoms with E-state index in [4.69, 9.17) is 4.52 Å².